The second-order valence-electron chi connectivity index (χ2n) is 4.51. The normalized spacial score (nSPS) is 18.8. The van der Waals surface area contributed by atoms with Gasteiger partial charge in [-0.3, -0.25) is 9.59 Å². The number of hydrogen-bond acceptors (Lipinski definition) is 3. The van der Waals surface area contributed by atoms with Crippen molar-refractivity contribution in [2.24, 2.45) is 0 Å². The van der Waals surface area contributed by atoms with Gasteiger partial charge in [-0.25, -0.2) is 0 Å². The van der Waals surface area contributed by atoms with Crippen LogP contribution in [-0.2, 0) is 9.59 Å². The summed E-state index contributed by atoms with van der Waals surface area (Å²) in [7, 11) is 0. The van der Waals surface area contributed by atoms with Crippen LogP contribution in [0.4, 0.5) is 5.69 Å². The molecular formula is C13H16ClN3O2. The highest BCUT2D eigenvalue weighted by molar-refractivity contribution is 6.31. The molecule has 19 heavy (non-hydrogen) atoms. The molecule has 0 spiro atoms. The molecule has 1 saturated heterocycles. The van der Waals surface area contributed by atoms with Crippen molar-refractivity contribution >= 4 is 29.1 Å². The quantitative estimate of drug-likeness (QED) is 0.776. The molecule has 0 aromatic heterocycles. The lowest BCUT2D eigenvalue weighted by Crippen LogP contribution is -2.53. The molecule has 2 amide bonds. The zero-order chi connectivity index (χ0) is 13.8. The van der Waals surface area contributed by atoms with Gasteiger partial charge >= 0.3 is 0 Å². The molecule has 1 fully saturated rings. The summed E-state index contributed by atoms with van der Waals surface area (Å²) >= 11 is 5.89. The molecule has 1 aromatic rings. The molecule has 5 nitrogen and oxygen atoms in total. The maximum absolute atomic E-state index is 11.9. The van der Waals surface area contributed by atoms with Crippen molar-refractivity contribution in [3.63, 3.8) is 0 Å². The SMILES string of the molecule is Cc1ccc(Cl)cc1NC(=O)C[C@H]1NCCNC1=O. The number of aryl methyl sites for hydroxylation is 1. The number of carbonyl (C=O) groups is 2. The summed E-state index contributed by atoms with van der Waals surface area (Å²) in [5, 5.41) is 9.07. The van der Waals surface area contributed by atoms with Crippen LogP contribution in [0.25, 0.3) is 0 Å². The van der Waals surface area contributed by atoms with Crippen LogP contribution < -0.4 is 16.0 Å². The lowest BCUT2D eigenvalue weighted by molar-refractivity contribution is -0.127. The summed E-state index contributed by atoms with van der Waals surface area (Å²) in [6.07, 6.45) is 0.109. The van der Waals surface area contributed by atoms with Crippen molar-refractivity contribution < 1.29 is 9.59 Å². The van der Waals surface area contributed by atoms with E-state index >= 15 is 0 Å². The first-order valence-corrected chi connectivity index (χ1v) is 6.51. The van der Waals surface area contributed by atoms with Gasteiger partial charge in [0.1, 0.15) is 0 Å². The van der Waals surface area contributed by atoms with Crippen LogP contribution in [0, 0.1) is 6.92 Å². The van der Waals surface area contributed by atoms with E-state index in [1.54, 1.807) is 12.1 Å². The van der Waals surface area contributed by atoms with Crippen LogP contribution in [0.15, 0.2) is 18.2 Å². The minimum Gasteiger partial charge on any atom is -0.353 e. The van der Waals surface area contributed by atoms with Gasteiger partial charge in [-0.15, -0.1) is 0 Å². The maximum atomic E-state index is 11.9. The second kappa shape index (κ2) is 6.04. The van der Waals surface area contributed by atoms with Crippen molar-refractivity contribution in [2.45, 2.75) is 19.4 Å². The lowest BCUT2D eigenvalue weighted by atomic mass is 10.1. The third-order valence-corrected chi connectivity index (χ3v) is 3.23. The van der Waals surface area contributed by atoms with Gasteiger partial charge in [0.05, 0.1) is 12.5 Å². The molecule has 2 rings (SSSR count). The Morgan fingerprint density at radius 2 is 2.26 bits per heavy atom. The molecule has 1 aromatic carbocycles. The van der Waals surface area contributed by atoms with E-state index in [1.165, 1.54) is 0 Å². The third kappa shape index (κ3) is 3.68. The topological polar surface area (TPSA) is 70.2 Å². The molecule has 0 unspecified atom stereocenters. The number of benzene rings is 1. The standard InChI is InChI=1S/C13H16ClN3O2/c1-8-2-3-9(14)6-10(8)17-12(18)7-11-13(19)16-5-4-15-11/h2-3,6,11,15H,4-5,7H2,1H3,(H,16,19)(H,17,18)/t11-/m1/s1. The van der Waals surface area contributed by atoms with E-state index in [9.17, 15) is 9.59 Å². The van der Waals surface area contributed by atoms with Crippen LogP contribution in [-0.4, -0.2) is 30.9 Å². The zero-order valence-corrected chi connectivity index (χ0v) is 11.4. The summed E-state index contributed by atoms with van der Waals surface area (Å²) in [6, 6.07) is 4.84. The Morgan fingerprint density at radius 3 is 3.00 bits per heavy atom. The fourth-order valence-electron chi connectivity index (χ4n) is 1.93. The van der Waals surface area contributed by atoms with Crippen molar-refractivity contribution in [3.05, 3.63) is 28.8 Å². The van der Waals surface area contributed by atoms with Gasteiger partial charge in [-0.05, 0) is 24.6 Å². The van der Waals surface area contributed by atoms with Gasteiger partial charge in [0.2, 0.25) is 11.8 Å². The molecular weight excluding hydrogens is 266 g/mol. The molecule has 0 aliphatic carbocycles. The Morgan fingerprint density at radius 1 is 1.47 bits per heavy atom. The van der Waals surface area contributed by atoms with Gasteiger partial charge in [-0.2, -0.15) is 0 Å². The predicted molar refractivity (Wildman–Crippen MR) is 74.2 cm³/mol. The van der Waals surface area contributed by atoms with Crippen molar-refractivity contribution in [1.29, 1.82) is 0 Å². The number of anilines is 1. The first-order valence-electron chi connectivity index (χ1n) is 6.13. The number of halogens is 1. The van der Waals surface area contributed by atoms with E-state index in [0.717, 1.165) is 5.56 Å². The molecule has 1 atom stereocenters. The highest BCUT2D eigenvalue weighted by Crippen LogP contribution is 2.20. The molecule has 102 valence electrons. The van der Waals surface area contributed by atoms with Crippen molar-refractivity contribution in [3.8, 4) is 0 Å². The van der Waals surface area contributed by atoms with Crippen LogP contribution in [0.2, 0.25) is 5.02 Å². The molecule has 1 aliphatic rings. The van der Waals surface area contributed by atoms with Crippen molar-refractivity contribution in [2.75, 3.05) is 18.4 Å². The number of nitrogens with one attached hydrogen (secondary N) is 3. The zero-order valence-electron chi connectivity index (χ0n) is 10.6. The van der Waals surface area contributed by atoms with E-state index in [0.29, 0.717) is 23.8 Å². The first-order chi connectivity index (χ1) is 9.06. The van der Waals surface area contributed by atoms with Crippen LogP contribution in [0.5, 0.6) is 0 Å². The molecule has 6 heteroatoms. The summed E-state index contributed by atoms with van der Waals surface area (Å²) < 4.78 is 0. The Labute approximate surface area is 116 Å². The van der Waals surface area contributed by atoms with E-state index in [2.05, 4.69) is 16.0 Å². The van der Waals surface area contributed by atoms with Crippen LogP contribution >= 0.6 is 11.6 Å². The third-order valence-electron chi connectivity index (χ3n) is 2.99. The van der Waals surface area contributed by atoms with Crippen LogP contribution in [0.1, 0.15) is 12.0 Å². The van der Waals surface area contributed by atoms with Gasteiger partial charge in [0.15, 0.2) is 0 Å². The highest BCUT2D eigenvalue weighted by Gasteiger charge is 2.24. The average molecular weight is 282 g/mol. The van der Waals surface area contributed by atoms with Crippen molar-refractivity contribution in [1.82, 2.24) is 10.6 Å². The summed E-state index contributed by atoms with van der Waals surface area (Å²) in [5.41, 5.74) is 1.60. The molecule has 3 N–H and O–H groups in total. The second-order valence-corrected chi connectivity index (χ2v) is 4.95. The minimum atomic E-state index is -0.465. The van der Waals surface area contributed by atoms with E-state index in [-0.39, 0.29) is 18.2 Å². The smallest absolute Gasteiger partial charge is 0.237 e. The number of rotatable bonds is 3. The van der Waals surface area contributed by atoms with Gasteiger partial charge in [0.25, 0.3) is 0 Å². The Kier molecular flexibility index (Phi) is 4.39. The summed E-state index contributed by atoms with van der Waals surface area (Å²) in [5.74, 6) is -0.343. The Balaban J connectivity index is 1.97. The van der Waals surface area contributed by atoms with Gasteiger partial charge in [-0.1, -0.05) is 17.7 Å². The van der Waals surface area contributed by atoms with E-state index in [4.69, 9.17) is 11.6 Å². The van der Waals surface area contributed by atoms with Gasteiger partial charge < -0.3 is 16.0 Å². The molecule has 0 saturated carbocycles. The number of hydrogen-bond donors (Lipinski definition) is 3. The molecule has 0 radical (unpaired) electrons. The average Bonchev–Trinajstić information content (AvgIpc) is 2.37. The largest absolute Gasteiger partial charge is 0.353 e. The summed E-state index contributed by atoms with van der Waals surface area (Å²) in [6.45, 7) is 3.17. The minimum absolute atomic E-state index is 0.109. The lowest BCUT2D eigenvalue weighted by Gasteiger charge is -2.23. The fourth-order valence-corrected chi connectivity index (χ4v) is 2.10. The van der Waals surface area contributed by atoms with E-state index < -0.39 is 6.04 Å². The predicted octanol–water partition coefficient (Wildman–Crippen LogP) is 1.07. The number of piperazine rings is 1. The number of carbonyl (C=O) groups excluding carboxylic acids is 2. The summed E-state index contributed by atoms with van der Waals surface area (Å²) in [4.78, 5) is 23.4. The molecule has 1 heterocycles. The number of amides is 2. The van der Waals surface area contributed by atoms with Gasteiger partial charge in [0, 0.05) is 23.8 Å². The Hall–Kier alpha value is -1.59. The molecule has 0 bridgehead atoms. The first kappa shape index (κ1) is 13.8. The van der Waals surface area contributed by atoms with Crippen LogP contribution in [0.3, 0.4) is 0 Å². The maximum Gasteiger partial charge on any atom is 0.237 e. The fraction of sp³-hybridized carbons (Fsp3) is 0.385. The highest BCUT2D eigenvalue weighted by atomic mass is 35.5. The monoisotopic (exact) mass is 281 g/mol. The Bertz CT molecular complexity index is 505. The molecule has 1 aliphatic heterocycles. The van der Waals surface area contributed by atoms with E-state index in [1.807, 2.05) is 13.0 Å².